The third-order valence-corrected chi connectivity index (χ3v) is 7.20. The maximum atomic E-state index is 14.9. The van der Waals surface area contributed by atoms with E-state index in [1.807, 2.05) is 0 Å². The molecule has 0 bridgehead atoms. The quantitative estimate of drug-likeness (QED) is 0.364. The van der Waals surface area contributed by atoms with Crippen molar-refractivity contribution in [2.45, 2.75) is 64.2 Å². The molecule has 2 aliphatic carbocycles. The highest BCUT2D eigenvalue weighted by Crippen LogP contribution is 2.48. The minimum absolute atomic E-state index is 0.0553. The molecule has 2 fully saturated rings. The fraction of sp³-hybridized carbons (Fsp3) is 0.500. The molecule has 0 heterocycles. The average Bonchev–Trinajstić information content (AvgIpc) is 2.76. The second kappa shape index (κ2) is 9.46. The minimum Gasteiger partial charge on any atom is -0.423 e. The van der Waals surface area contributed by atoms with Gasteiger partial charge in [0.05, 0.1) is 5.56 Å². The van der Waals surface area contributed by atoms with Crippen LogP contribution in [0.5, 0.6) is 5.75 Å². The first-order valence-electron chi connectivity index (χ1n) is 11.4. The van der Waals surface area contributed by atoms with Crippen LogP contribution in [0.2, 0.25) is 0 Å². The Morgan fingerprint density at radius 1 is 0.903 bits per heavy atom. The van der Waals surface area contributed by atoms with Crippen LogP contribution in [-0.2, 0) is 0 Å². The number of fused-ring (bicyclic) bond motifs is 1. The van der Waals surface area contributed by atoms with Crippen LogP contribution in [-0.4, -0.2) is 5.97 Å². The molecule has 0 aromatic heterocycles. The van der Waals surface area contributed by atoms with Gasteiger partial charge in [-0.2, -0.15) is 0 Å². The lowest BCUT2D eigenvalue weighted by molar-refractivity contribution is 0.0733. The minimum atomic E-state index is -1.11. The van der Waals surface area contributed by atoms with Crippen LogP contribution in [0.4, 0.5) is 13.2 Å². The van der Waals surface area contributed by atoms with E-state index < -0.39 is 23.4 Å². The molecule has 4 rings (SSSR count). The van der Waals surface area contributed by atoms with E-state index in [0.717, 1.165) is 49.3 Å². The smallest absolute Gasteiger partial charge is 0.343 e. The van der Waals surface area contributed by atoms with E-state index >= 15 is 0 Å². The zero-order valence-electron chi connectivity index (χ0n) is 17.9. The highest BCUT2D eigenvalue weighted by Gasteiger charge is 2.36. The van der Waals surface area contributed by atoms with Gasteiger partial charge in [0.1, 0.15) is 11.6 Å². The second-order valence-corrected chi connectivity index (χ2v) is 9.20. The van der Waals surface area contributed by atoms with E-state index in [2.05, 4.69) is 6.92 Å². The van der Waals surface area contributed by atoms with Crippen LogP contribution >= 0.6 is 0 Å². The van der Waals surface area contributed by atoms with Gasteiger partial charge in [-0.3, -0.25) is 0 Å². The average molecular weight is 431 g/mol. The molecule has 2 nitrogen and oxygen atoms in total. The summed E-state index contributed by atoms with van der Waals surface area (Å²) in [4.78, 5) is 12.3. The van der Waals surface area contributed by atoms with Crippen LogP contribution in [0.1, 0.15) is 80.1 Å². The van der Waals surface area contributed by atoms with Crippen molar-refractivity contribution in [2.75, 3.05) is 0 Å². The van der Waals surface area contributed by atoms with Gasteiger partial charge in [0.25, 0.3) is 0 Å². The summed E-state index contributed by atoms with van der Waals surface area (Å²) in [5.74, 6) is -0.962. The van der Waals surface area contributed by atoms with Gasteiger partial charge < -0.3 is 4.74 Å². The second-order valence-electron chi connectivity index (χ2n) is 9.20. The Kier molecular flexibility index (Phi) is 6.68. The first-order valence-corrected chi connectivity index (χ1v) is 11.4. The summed E-state index contributed by atoms with van der Waals surface area (Å²) in [5, 5.41) is 0. The van der Waals surface area contributed by atoms with Crippen molar-refractivity contribution in [1.29, 1.82) is 0 Å². The summed E-state index contributed by atoms with van der Waals surface area (Å²) in [6.45, 7) is 2.25. The van der Waals surface area contributed by atoms with Crippen LogP contribution in [0, 0.1) is 35.2 Å². The number of esters is 1. The molecule has 166 valence electrons. The van der Waals surface area contributed by atoms with Gasteiger partial charge >= 0.3 is 5.97 Å². The first-order chi connectivity index (χ1) is 14.9. The molecule has 5 heteroatoms. The standard InChI is InChI=1S/C26H29F3O2/c1-2-3-16-4-5-18-13-19(7-6-17(18)12-16)22-10-8-20(14-24(22)28)26(30)31-21-9-11-23(27)25(29)15-21/h8-11,14-19H,2-7,12-13H2,1H3. The molecule has 0 N–H and O–H groups in total. The Morgan fingerprint density at radius 2 is 1.68 bits per heavy atom. The van der Waals surface area contributed by atoms with Gasteiger partial charge in [-0.15, -0.1) is 0 Å². The summed E-state index contributed by atoms with van der Waals surface area (Å²) in [7, 11) is 0. The van der Waals surface area contributed by atoms with Gasteiger partial charge in [-0.1, -0.05) is 32.3 Å². The van der Waals surface area contributed by atoms with Crippen molar-refractivity contribution in [2.24, 2.45) is 17.8 Å². The lowest BCUT2D eigenvalue weighted by Crippen LogP contribution is -2.30. The van der Waals surface area contributed by atoms with E-state index in [1.54, 1.807) is 12.1 Å². The maximum absolute atomic E-state index is 14.9. The zero-order valence-corrected chi connectivity index (χ0v) is 17.9. The van der Waals surface area contributed by atoms with Gasteiger partial charge in [0.2, 0.25) is 0 Å². The fourth-order valence-corrected chi connectivity index (χ4v) is 5.63. The van der Waals surface area contributed by atoms with Crippen molar-refractivity contribution in [1.82, 2.24) is 0 Å². The Balaban J connectivity index is 1.41. The lowest BCUT2D eigenvalue weighted by atomic mass is 9.63. The number of carbonyl (C=O) groups is 1. The van der Waals surface area contributed by atoms with E-state index in [4.69, 9.17) is 4.74 Å². The number of benzene rings is 2. The molecular weight excluding hydrogens is 401 g/mol. The van der Waals surface area contributed by atoms with Crippen molar-refractivity contribution < 1.29 is 22.7 Å². The number of rotatable bonds is 5. The summed E-state index contributed by atoms with van der Waals surface area (Å²) < 4.78 is 46.3. The van der Waals surface area contributed by atoms with E-state index in [9.17, 15) is 18.0 Å². The molecule has 2 aromatic carbocycles. The molecule has 4 unspecified atom stereocenters. The molecule has 31 heavy (non-hydrogen) atoms. The van der Waals surface area contributed by atoms with Crippen LogP contribution in [0.3, 0.4) is 0 Å². The normalized spacial score (nSPS) is 25.7. The molecule has 0 saturated heterocycles. The predicted octanol–water partition coefficient (Wildman–Crippen LogP) is 7.42. The van der Waals surface area contributed by atoms with Crippen molar-refractivity contribution in [3.8, 4) is 5.75 Å². The number of hydrogen-bond donors (Lipinski definition) is 0. The van der Waals surface area contributed by atoms with E-state index in [-0.39, 0.29) is 17.2 Å². The number of halogens is 3. The van der Waals surface area contributed by atoms with Crippen LogP contribution in [0.25, 0.3) is 0 Å². The summed E-state index contributed by atoms with van der Waals surface area (Å²) >= 11 is 0. The monoisotopic (exact) mass is 430 g/mol. The van der Waals surface area contributed by atoms with E-state index in [1.165, 1.54) is 38.2 Å². The molecule has 0 radical (unpaired) electrons. The molecule has 0 spiro atoms. The highest BCUT2D eigenvalue weighted by atomic mass is 19.2. The summed E-state index contributed by atoms with van der Waals surface area (Å²) in [6, 6.07) is 7.28. The van der Waals surface area contributed by atoms with Gasteiger partial charge in [0, 0.05) is 6.07 Å². The third kappa shape index (κ3) is 4.97. The summed E-state index contributed by atoms with van der Waals surface area (Å²) in [5.41, 5.74) is 0.721. The number of hydrogen-bond acceptors (Lipinski definition) is 2. The highest BCUT2D eigenvalue weighted by molar-refractivity contribution is 5.91. The Labute approximate surface area is 181 Å². The topological polar surface area (TPSA) is 26.3 Å². The van der Waals surface area contributed by atoms with Gasteiger partial charge in [-0.05, 0) is 85.6 Å². The van der Waals surface area contributed by atoms with E-state index in [0.29, 0.717) is 11.5 Å². The van der Waals surface area contributed by atoms with Gasteiger partial charge in [0.15, 0.2) is 11.6 Å². The van der Waals surface area contributed by atoms with Crippen molar-refractivity contribution >= 4 is 5.97 Å². The maximum Gasteiger partial charge on any atom is 0.343 e. The molecule has 0 aliphatic heterocycles. The van der Waals surface area contributed by atoms with Gasteiger partial charge in [-0.25, -0.2) is 18.0 Å². The summed E-state index contributed by atoms with van der Waals surface area (Å²) in [6.07, 6.45) is 9.57. The number of ether oxygens (including phenoxy) is 1. The van der Waals surface area contributed by atoms with Crippen LogP contribution < -0.4 is 4.74 Å². The fourth-order valence-electron chi connectivity index (χ4n) is 5.63. The molecule has 2 aliphatic rings. The molecule has 2 aromatic rings. The Bertz CT molecular complexity index is 942. The SMILES string of the molecule is CCCC1CCC2CC(c3ccc(C(=O)Oc4ccc(F)c(F)c4)cc3F)CCC2C1. The molecule has 4 atom stereocenters. The van der Waals surface area contributed by atoms with Crippen molar-refractivity contribution in [3.63, 3.8) is 0 Å². The Hall–Kier alpha value is -2.30. The Morgan fingerprint density at radius 3 is 2.42 bits per heavy atom. The largest absolute Gasteiger partial charge is 0.423 e. The molecule has 0 amide bonds. The first kappa shape index (κ1) is 21.9. The lowest BCUT2D eigenvalue weighted by Gasteiger charge is -2.42. The van der Waals surface area contributed by atoms with Crippen molar-refractivity contribution in [3.05, 3.63) is 65.0 Å². The third-order valence-electron chi connectivity index (χ3n) is 7.20. The van der Waals surface area contributed by atoms with Crippen LogP contribution in [0.15, 0.2) is 36.4 Å². The molecule has 2 saturated carbocycles. The zero-order chi connectivity index (χ0) is 22.0. The number of carbonyl (C=O) groups excluding carboxylic acids is 1. The molecular formula is C26H29F3O2. The predicted molar refractivity (Wildman–Crippen MR) is 114 cm³/mol.